The highest BCUT2D eigenvalue weighted by Gasteiger charge is 2.36. The van der Waals surface area contributed by atoms with E-state index in [0.717, 1.165) is 70.2 Å². The Kier molecular flexibility index (Phi) is 10.9. The van der Waals surface area contributed by atoms with Gasteiger partial charge in [0.15, 0.2) is 0 Å². The topological polar surface area (TPSA) is 76.6 Å². The van der Waals surface area contributed by atoms with E-state index in [2.05, 4.69) is 50.2 Å². The van der Waals surface area contributed by atoms with Crippen LogP contribution in [0.1, 0.15) is 105 Å². The molecule has 4 fully saturated rings. The molecule has 226 valence electrons. The molecule has 8 nitrogen and oxygen atoms in total. The van der Waals surface area contributed by atoms with E-state index >= 15 is 0 Å². The smallest absolute Gasteiger partial charge is 0.224 e. The molecule has 4 aliphatic rings. The maximum absolute atomic E-state index is 13.1. The molecule has 0 unspecified atom stereocenters. The van der Waals surface area contributed by atoms with Crippen molar-refractivity contribution in [1.29, 1.82) is 0 Å². The highest BCUT2D eigenvalue weighted by Crippen LogP contribution is 2.31. The van der Waals surface area contributed by atoms with Gasteiger partial charge < -0.3 is 20.4 Å². The number of rotatable bonds is 9. The van der Waals surface area contributed by atoms with E-state index in [1.54, 1.807) is 0 Å². The van der Waals surface area contributed by atoms with Crippen LogP contribution in [0.15, 0.2) is 12.3 Å². The fourth-order valence-corrected chi connectivity index (χ4v) is 7.71. The molecule has 0 aromatic carbocycles. The first kappa shape index (κ1) is 29.6. The standard InChI is InChI=1S/C32H55N7O.H2/c1-25(2)37-23-16-26(17-24-37)31(40)33-18-14-29-28(13-10-22-39(29)27-11-6-5-7-12-27)35-32-34-19-15-30(36-32)38-20-8-3-4-9-21-38;/h15,19,25-29H,3-14,16-18,20-24H2,1-2H3,(H,33,40)(H,34,35,36);1H/t28-,29+;/m0./s1. The number of carbonyl (C=O) groups excluding carboxylic acids is 1. The number of likely N-dealkylation sites (tertiary alicyclic amines) is 2. The molecule has 0 radical (unpaired) electrons. The van der Waals surface area contributed by atoms with E-state index in [1.807, 2.05) is 6.20 Å². The van der Waals surface area contributed by atoms with Crippen LogP contribution in [-0.4, -0.2) is 89.1 Å². The molecule has 1 saturated carbocycles. The number of amides is 1. The third-order valence-corrected chi connectivity index (χ3v) is 10.1. The van der Waals surface area contributed by atoms with Gasteiger partial charge in [0.2, 0.25) is 11.9 Å². The van der Waals surface area contributed by atoms with E-state index in [0.29, 0.717) is 24.2 Å². The van der Waals surface area contributed by atoms with Crippen LogP contribution in [0.4, 0.5) is 11.8 Å². The Morgan fingerprint density at radius 1 is 0.925 bits per heavy atom. The van der Waals surface area contributed by atoms with Crippen LogP contribution in [0.5, 0.6) is 0 Å². The first-order chi connectivity index (χ1) is 19.6. The van der Waals surface area contributed by atoms with E-state index in [1.165, 1.54) is 70.8 Å². The van der Waals surface area contributed by atoms with Crippen LogP contribution in [0, 0.1) is 5.92 Å². The van der Waals surface area contributed by atoms with Crippen molar-refractivity contribution in [3.63, 3.8) is 0 Å². The van der Waals surface area contributed by atoms with Crippen LogP contribution in [-0.2, 0) is 4.79 Å². The summed E-state index contributed by atoms with van der Waals surface area (Å²) in [6, 6.07) is 4.01. The first-order valence-corrected chi connectivity index (χ1v) is 16.7. The van der Waals surface area contributed by atoms with Crippen molar-refractivity contribution >= 4 is 17.7 Å². The highest BCUT2D eigenvalue weighted by atomic mass is 16.1. The third-order valence-electron chi connectivity index (χ3n) is 10.1. The summed E-state index contributed by atoms with van der Waals surface area (Å²) in [5, 5.41) is 7.16. The summed E-state index contributed by atoms with van der Waals surface area (Å²) in [7, 11) is 0. The first-order valence-electron chi connectivity index (χ1n) is 16.7. The van der Waals surface area contributed by atoms with Gasteiger partial charge in [0.05, 0.1) is 0 Å². The minimum Gasteiger partial charge on any atom is -0.356 e. The van der Waals surface area contributed by atoms with Gasteiger partial charge in [-0.15, -0.1) is 0 Å². The molecule has 8 heteroatoms. The Hall–Kier alpha value is -1.93. The van der Waals surface area contributed by atoms with E-state index in [-0.39, 0.29) is 13.3 Å². The maximum Gasteiger partial charge on any atom is 0.224 e. The molecule has 1 amide bonds. The van der Waals surface area contributed by atoms with Gasteiger partial charge in [-0.1, -0.05) is 32.1 Å². The molecule has 0 bridgehead atoms. The van der Waals surface area contributed by atoms with Crippen LogP contribution in [0.25, 0.3) is 0 Å². The summed E-state index contributed by atoms with van der Waals surface area (Å²) in [6.45, 7) is 10.7. The van der Waals surface area contributed by atoms with Gasteiger partial charge in [-0.25, -0.2) is 4.98 Å². The summed E-state index contributed by atoms with van der Waals surface area (Å²) < 4.78 is 0. The maximum atomic E-state index is 13.1. The number of anilines is 2. The van der Waals surface area contributed by atoms with Crippen molar-refractivity contribution in [2.75, 3.05) is 49.5 Å². The molecular formula is C32H57N7O. The van der Waals surface area contributed by atoms with Gasteiger partial charge in [0.1, 0.15) is 5.82 Å². The minimum atomic E-state index is 0. The quantitative estimate of drug-likeness (QED) is 0.428. The summed E-state index contributed by atoms with van der Waals surface area (Å²) in [5.41, 5.74) is 0. The minimum absolute atomic E-state index is 0. The predicted molar refractivity (Wildman–Crippen MR) is 166 cm³/mol. The number of hydrogen-bond acceptors (Lipinski definition) is 7. The molecular weight excluding hydrogens is 498 g/mol. The monoisotopic (exact) mass is 555 g/mol. The molecule has 5 rings (SSSR count). The van der Waals surface area contributed by atoms with Crippen LogP contribution < -0.4 is 15.5 Å². The Balaban J connectivity index is 0.00000387. The Labute approximate surface area is 244 Å². The zero-order chi connectivity index (χ0) is 27.7. The van der Waals surface area contributed by atoms with Crippen molar-refractivity contribution in [2.24, 2.45) is 5.92 Å². The van der Waals surface area contributed by atoms with Crippen molar-refractivity contribution in [1.82, 2.24) is 25.1 Å². The Morgan fingerprint density at radius 3 is 2.38 bits per heavy atom. The number of aromatic nitrogens is 2. The second-order valence-corrected chi connectivity index (χ2v) is 13.1. The summed E-state index contributed by atoms with van der Waals surface area (Å²) >= 11 is 0. The molecule has 40 heavy (non-hydrogen) atoms. The van der Waals surface area contributed by atoms with Gasteiger partial charge in [-0.3, -0.25) is 9.69 Å². The number of nitrogens with zero attached hydrogens (tertiary/aromatic N) is 5. The second kappa shape index (κ2) is 14.8. The largest absolute Gasteiger partial charge is 0.356 e. The predicted octanol–water partition coefficient (Wildman–Crippen LogP) is 5.31. The summed E-state index contributed by atoms with van der Waals surface area (Å²) in [4.78, 5) is 30.5. The lowest BCUT2D eigenvalue weighted by atomic mass is 9.87. The Bertz CT molecular complexity index is 911. The summed E-state index contributed by atoms with van der Waals surface area (Å²) in [5.74, 6) is 2.26. The van der Waals surface area contributed by atoms with Gasteiger partial charge in [0, 0.05) is 57.3 Å². The summed E-state index contributed by atoms with van der Waals surface area (Å²) in [6.07, 6.45) is 19.0. The fourth-order valence-electron chi connectivity index (χ4n) is 7.71. The van der Waals surface area contributed by atoms with Crippen LogP contribution >= 0.6 is 0 Å². The second-order valence-electron chi connectivity index (χ2n) is 13.1. The lowest BCUT2D eigenvalue weighted by Crippen LogP contribution is -2.56. The van der Waals surface area contributed by atoms with Crippen LogP contribution in [0.3, 0.4) is 0 Å². The van der Waals surface area contributed by atoms with Crippen molar-refractivity contribution in [2.45, 2.75) is 128 Å². The van der Waals surface area contributed by atoms with Crippen molar-refractivity contribution in [3.8, 4) is 0 Å². The van der Waals surface area contributed by atoms with Crippen molar-refractivity contribution < 1.29 is 6.22 Å². The molecule has 1 aliphatic carbocycles. The molecule has 2 atom stereocenters. The number of nitrogens with one attached hydrogen (secondary N) is 2. The molecule has 0 spiro atoms. The van der Waals surface area contributed by atoms with Gasteiger partial charge in [-0.05, 0) is 97.3 Å². The lowest BCUT2D eigenvalue weighted by molar-refractivity contribution is -0.126. The number of hydrogen-bond donors (Lipinski definition) is 2. The molecule has 2 N–H and O–H groups in total. The van der Waals surface area contributed by atoms with E-state index in [4.69, 9.17) is 4.98 Å². The molecule has 3 aliphatic heterocycles. The zero-order valence-corrected chi connectivity index (χ0v) is 25.3. The van der Waals surface area contributed by atoms with E-state index in [9.17, 15) is 4.79 Å². The van der Waals surface area contributed by atoms with Gasteiger partial charge in [0.25, 0.3) is 0 Å². The van der Waals surface area contributed by atoms with Gasteiger partial charge in [-0.2, -0.15) is 4.98 Å². The van der Waals surface area contributed by atoms with Gasteiger partial charge >= 0.3 is 0 Å². The Morgan fingerprint density at radius 2 is 1.65 bits per heavy atom. The SMILES string of the molecule is CC(C)N1CCC(C(=O)NCC[C@@H]2[C@@H](Nc3nccc(N4CCCCCC4)n3)CCCN2C2CCCCC2)CC1.[HH]. The zero-order valence-electron chi connectivity index (χ0n) is 25.3. The average Bonchev–Trinajstić information content (AvgIpc) is 3.28. The van der Waals surface area contributed by atoms with E-state index < -0.39 is 0 Å². The highest BCUT2D eigenvalue weighted by molar-refractivity contribution is 5.78. The molecule has 1 aromatic rings. The number of piperidine rings is 2. The number of carbonyl (C=O) groups is 1. The normalized spacial score (nSPS) is 26.5. The van der Waals surface area contributed by atoms with Crippen LogP contribution in [0.2, 0.25) is 0 Å². The lowest BCUT2D eigenvalue weighted by Gasteiger charge is -2.47. The molecule has 1 aromatic heterocycles. The fraction of sp³-hybridized carbons (Fsp3) is 0.844. The molecule has 4 heterocycles. The molecule has 3 saturated heterocycles. The average molecular weight is 556 g/mol. The van der Waals surface area contributed by atoms with Crippen molar-refractivity contribution in [3.05, 3.63) is 12.3 Å². The third kappa shape index (κ3) is 7.87.